The first-order valence-corrected chi connectivity index (χ1v) is 6.68. The molecule has 1 aromatic carbocycles. The Labute approximate surface area is 115 Å². The Morgan fingerprint density at radius 2 is 2.22 bits per heavy atom. The summed E-state index contributed by atoms with van der Waals surface area (Å²) in [5.41, 5.74) is 6.43. The average Bonchev–Trinajstić information content (AvgIpc) is 2.38. The molecular weight excluding hydrogens is 244 g/mol. The zero-order valence-corrected chi connectivity index (χ0v) is 12.2. The van der Waals surface area contributed by atoms with Gasteiger partial charge in [-0.2, -0.15) is 0 Å². The van der Waals surface area contributed by atoms with Gasteiger partial charge in [0.1, 0.15) is 17.3 Å². The minimum absolute atomic E-state index is 0.400. The maximum Gasteiger partial charge on any atom is 0.120 e. The number of nitrogens with zero attached hydrogens (tertiary/aromatic N) is 1. The molecule has 1 unspecified atom stereocenters. The van der Waals surface area contributed by atoms with Gasteiger partial charge in [0.15, 0.2) is 0 Å². The second kappa shape index (κ2) is 7.34. The fourth-order valence-electron chi connectivity index (χ4n) is 1.58. The number of hydrogen-bond acceptors (Lipinski definition) is 3. The second-order valence-corrected chi connectivity index (χ2v) is 4.92. The van der Waals surface area contributed by atoms with Gasteiger partial charge in [0.05, 0.1) is 0 Å². The molecule has 0 aliphatic carbocycles. The summed E-state index contributed by atoms with van der Waals surface area (Å²) < 4.78 is 5.71. The largest absolute Gasteiger partial charge is 0.492 e. The monoisotopic (exact) mass is 266 g/mol. The third kappa shape index (κ3) is 4.63. The van der Waals surface area contributed by atoms with Gasteiger partial charge in [-0.05, 0) is 32.5 Å². The number of likely N-dealkylation sites (N-methyl/N-ethyl adjacent to an activating group) is 1. The molecule has 2 N–H and O–H groups in total. The van der Waals surface area contributed by atoms with E-state index in [-0.39, 0.29) is 0 Å². The van der Waals surface area contributed by atoms with E-state index >= 15 is 0 Å². The Morgan fingerprint density at radius 1 is 1.50 bits per heavy atom. The average molecular weight is 266 g/mol. The standard InChI is InChI=1S/C14H22N2OS/c1-4-11(2)16(3)8-9-17-13-7-5-6-12(10-13)14(15)18/h5-7,10-11H,4,8-9H2,1-3H3,(H2,15,18). The lowest BCUT2D eigenvalue weighted by Gasteiger charge is -2.23. The van der Waals surface area contributed by atoms with Crippen molar-refractivity contribution >= 4 is 17.2 Å². The predicted octanol–water partition coefficient (Wildman–Crippen LogP) is 2.43. The molecule has 0 amide bonds. The van der Waals surface area contributed by atoms with Crippen molar-refractivity contribution in [1.29, 1.82) is 0 Å². The summed E-state index contributed by atoms with van der Waals surface area (Å²) in [6.07, 6.45) is 1.15. The van der Waals surface area contributed by atoms with Crippen LogP contribution in [0.1, 0.15) is 25.8 Å². The van der Waals surface area contributed by atoms with Crippen molar-refractivity contribution < 1.29 is 4.74 Å². The fourth-order valence-corrected chi connectivity index (χ4v) is 1.71. The van der Waals surface area contributed by atoms with E-state index in [2.05, 4.69) is 25.8 Å². The minimum atomic E-state index is 0.400. The Kier molecular flexibility index (Phi) is 6.09. The zero-order chi connectivity index (χ0) is 13.5. The van der Waals surface area contributed by atoms with E-state index in [0.717, 1.165) is 24.3 Å². The number of thiocarbonyl (C=S) groups is 1. The fraction of sp³-hybridized carbons (Fsp3) is 0.500. The maximum atomic E-state index is 5.71. The summed E-state index contributed by atoms with van der Waals surface area (Å²) in [5, 5.41) is 0. The van der Waals surface area contributed by atoms with Crippen LogP contribution in [0.25, 0.3) is 0 Å². The summed E-state index contributed by atoms with van der Waals surface area (Å²) in [5.74, 6) is 0.817. The third-order valence-electron chi connectivity index (χ3n) is 3.17. The van der Waals surface area contributed by atoms with E-state index in [0.29, 0.717) is 17.6 Å². The van der Waals surface area contributed by atoms with Crippen molar-refractivity contribution in [3.63, 3.8) is 0 Å². The molecule has 0 aliphatic heterocycles. The normalized spacial score (nSPS) is 12.4. The van der Waals surface area contributed by atoms with E-state index in [1.54, 1.807) is 0 Å². The van der Waals surface area contributed by atoms with Crippen LogP contribution in [-0.4, -0.2) is 36.1 Å². The minimum Gasteiger partial charge on any atom is -0.492 e. The summed E-state index contributed by atoms with van der Waals surface area (Å²) in [7, 11) is 2.11. The van der Waals surface area contributed by atoms with Crippen LogP contribution in [0.4, 0.5) is 0 Å². The number of benzene rings is 1. The van der Waals surface area contributed by atoms with Gasteiger partial charge in [0, 0.05) is 18.2 Å². The summed E-state index contributed by atoms with van der Waals surface area (Å²) in [6.45, 7) is 5.98. The van der Waals surface area contributed by atoms with E-state index in [4.69, 9.17) is 22.7 Å². The van der Waals surface area contributed by atoms with Gasteiger partial charge in [-0.25, -0.2) is 0 Å². The molecular formula is C14H22N2OS. The van der Waals surface area contributed by atoms with Gasteiger partial charge in [-0.3, -0.25) is 0 Å². The van der Waals surface area contributed by atoms with E-state index < -0.39 is 0 Å². The van der Waals surface area contributed by atoms with Crippen LogP contribution in [0.2, 0.25) is 0 Å². The summed E-state index contributed by atoms with van der Waals surface area (Å²) in [4.78, 5) is 2.69. The highest BCUT2D eigenvalue weighted by Crippen LogP contribution is 2.13. The molecule has 1 rings (SSSR count). The number of ether oxygens (including phenoxy) is 1. The molecule has 1 atom stereocenters. The molecule has 0 aliphatic rings. The molecule has 18 heavy (non-hydrogen) atoms. The SMILES string of the molecule is CCC(C)N(C)CCOc1cccc(C(N)=S)c1. The highest BCUT2D eigenvalue weighted by Gasteiger charge is 2.06. The van der Waals surface area contributed by atoms with Crippen LogP contribution >= 0.6 is 12.2 Å². The molecule has 0 bridgehead atoms. The van der Waals surface area contributed by atoms with Gasteiger partial charge in [0.2, 0.25) is 0 Å². The van der Waals surface area contributed by atoms with Crippen LogP contribution in [0.15, 0.2) is 24.3 Å². The van der Waals surface area contributed by atoms with Gasteiger partial charge in [0.25, 0.3) is 0 Å². The Balaban J connectivity index is 2.44. The molecule has 4 heteroatoms. The molecule has 100 valence electrons. The molecule has 0 spiro atoms. The van der Waals surface area contributed by atoms with Crippen molar-refractivity contribution in [1.82, 2.24) is 4.90 Å². The zero-order valence-electron chi connectivity index (χ0n) is 11.3. The van der Waals surface area contributed by atoms with Crippen LogP contribution in [0.3, 0.4) is 0 Å². The third-order valence-corrected chi connectivity index (χ3v) is 3.41. The molecule has 0 aromatic heterocycles. The maximum absolute atomic E-state index is 5.71. The number of rotatable bonds is 7. The van der Waals surface area contributed by atoms with Crippen LogP contribution in [0.5, 0.6) is 5.75 Å². The van der Waals surface area contributed by atoms with Gasteiger partial charge in [-0.1, -0.05) is 31.3 Å². The molecule has 0 heterocycles. The van der Waals surface area contributed by atoms with Crippen molar-refractivity contribution in [3.8, 4) is 5.75 Å². The molecule has 0 fully saturated rings. The topological polar surface area (TPSA) is 38.5 Å². The molecule has 0 saturated carbocycles. The number of nitrogens with two attached hydrogens (primary N) is 1. The summed E-state index contributed by atoms with van der Waals surface area (Å²) >= 11 is 4.94. The van der Waals surface area contributed by atoms with Crippen molar-refractivity contribution in [3.05, 3.63) is 29.8 Å². The molecule has 0 radical (unpaired) electrons. The van der Waals surface area contributed by atoms with Crippen LogP contribution in [-0.2, 0) is 0 Å². The lowest BCUT2D eigenvalue weighted by molar-refractivity contribution is 0.196. The second-order valence-electron chi connectivity index (χ2n) is 4.48. The highest BCUT2D eigenvalue weighted by atomic mass is 32.1. The molecule has 3 nitrogen and oxygen atoms in total. The molecule has 0 saturated heterocycles. The quantitative estimate of drug-likeness (QED) is 0.769. The predicted molar refractivity (Wildman–Crippen MR) is 80.2 cm³/mol. The summed E-state index contributed by atoms with van der Waals surface area (Å²) in [6, 6.07) is 8.18. The van der Waals surface area contributed by atoms with Crippen LogP contribution < -0.4 is 10.5 Å². The van der Waals surface area contributed by atoms with E-state index in [1.165, 1.54) is 0 Å². The van der Waals surface area contributed by atoms with Gasteiger partial charge >= 0.3 is 0 Å². The number of hydrogen-bond donors (Lipinski definition) is 1. The van der Waals surface area contributed by atoms with E-state index in [9.17, 15) is 0 Å². The van der Waals surface area contributed by atoms with Crippen LogP contribution in [0, 0.1) is 0 Å². The highest BCUT2D eigenvalue weighted by molar-refractivity contribution is 7.80. The van der Waals surface area contributed by atoms with Crippen molar-refractivity contribution in [2.75, 3.05) is 20.2 Å². The lowest BCUT2D eigenvalue weighted by Crippen LogP contribution is -2.32. The first kappa shape index (κ1) is 14.9. The smallest absolute Gasteiger partial charge is 0.120 e. The molecule has 1 aromatic rings. The van der Waals surface area contributed by atoms with Crippen molar-refractivity contribution in [2.24, 2.45) is 5.73 Å². The van der Waals surface area contributed by atoms with Gasteiger partial charge in [-0.15, -0.1) is 0 Å². The first-order valence-electron chi connectivity index (χ1n) is 6.27. The lowest BCUT2D eigenvalue weighted by atomic mass is 10.2. The first-order chi connectivity index (χ1) is 8.54. The Hall–Kier alpha value is -1.13. The Bertz CT molecular complexity index is 395. The Morgan fingerprint density at radius 3 is 2.83 bits per heavy atom. The van der Waals surface area contributed by atoms with E-state index in [1.807, 2.05) is 24.3 Å². The van der Waals surface area contributed by atoms with Gasteiger partial charge < -0.3 is 15.4 Å². The van der Waals surface area contributed by atoms with Crippen molar-refractivity contribution in [2.45, 2.75) is 26.3 Å².